The first-order valence-corrected chi connectivity index (χ1v) is 4.78. The lowest BCUT2D eigenvalue weighted by atomic mass is 10.1. The van der Waals surface area contributed by atoms with Crippen LogP contribution in [0.4, 0.5) is 0 Å². The molecule has 0 atom stereocenters. The molecule has 2 rings (SSSR count). The molecule has 0 fully saturated rings. The average Bonchev–Trinajstić information content (AvgIpc) is 2.46. The fourth-order valence-electron chi connectivity index (χ4n) is 1.46. The molecular weight excluding hydrogens is 241 g/mol. The number of aliphatic hydroxyl groups excluding tert-OH is 1. The van der Waals surface area contributed by atoms with E-state index in [0.29, 0.717) is 4.90 Å². The average molecular weight is 246 g/mol. The van der Waals surface area contributed by atoms with E-state index in [1.54, 1.807) is 0 Å². The van der Waals surface area contributed by atoms with E-state index in [1.165, 1.54) is 12.1 Å². The van der Waals surface area contributed by atoms with E-state index in [-0.39, 0.29) is 21.2 Å². The number of hydrogen-bond acceptors (Lipinski definition) is 3. The summed E-state index contributed by atoms with van der Waals surface area (Å²) >= 11 is 11.6. The Morgan fingerprint density at radius 1 is 1.07 bits per heavy atom. The molecule has 78 valence electrons. The minimum absolute atomic E-state index is 0.0585. The van der Waals surface area contributed by atoms with E-state index in [9.17, 15) is 9.59 Å². The molecule has 1 heterocycles. The number of imide groups is 1. The highest BCUT2D eigenvalue weighted by molar-refractivity contribution is 6.41. The summed E-state index contributed by atoms with van der Waals surface area (Å²) in [5.74, 6) is -1.24. The van der Waals surface area contributed by atoms with Crippen molar-refractivity contribution in [2.45, 2.75) is 0 Å². The summed E-state index contributed by atoms with van der Waals surface area (Å²) in [6, 6.07) is 2.88. The minimum Gasteiger partial charge on any atom is -0.376 e. The number of aliphatic hydroxyl groups is 1. The molecular formula is C9H5Cl2NO3. The van der Waals surface area contributed by atoms with Crippen LogP contribution in [0.1, 0.15) is 20.7 Å². The molecule has 1 aliphatic rings. The van der Waals surface area contributed by atoms with Crippen LogP contribution in [0.2, 0.25) is 10.0 Å². The largest absolute Gasteiger partial charge is 0.376 e. The van der Waals surface area contributed by atoms with Gasteiger partial charge < -0.3 is 5.11 Å². The van der Waals surface area contributed by atoms with E-state index in [2.05, 4.69) is 0 Å². The molecule has 1 N–H and O–H groups in total. The van der Waals surface area contributed by atoms with Crippen molar-refractivity contribution in [3.63, 3.8) is 0 Å². The van der Waals surface area contributed by atoms with Crippen LogP contribution in [0.15, 0.2) is 12.1 Å². The number of amides is 2. The van der Waals surface area contributed by atoms with Crippen molar-refractivity contribution in [1.82, 2.24) is 4.90 Å². The Balaban J connectivity index is 2.72. The smallest absolute Gasteiger partial charge is 0.265 e. The summed E-state index contributed by atoms with van der Waals surface area (Å²) in [6.07, 6.45) is 0. The number of carbonyl (C=O) groups excluding carboxylic acids is 2. The maximum absolute atomic E-state index is 11.6. The number of hydrogen-bond donors (Lipinski definition) is 1. The van der Waals surface area contributed by atoms with Crippen LogP contribution < -0.4 is 0 Å². The van der Waals surface area contributed by atoms with E-state index in [1.807, 2.05) is 0 Å². The van der Waals surface area contributed by atoms with Gasteiger partial charge in [-0.2, -0.15) is 0 Å². The van der Waals surface area contributed by atoms with Gasteiger partial charge in [-0.25, -0.2) is 0 Å². The van der Waals surface area contributed by atoms with Gasteiger partial charge in [0.2, 0.25) is 0 Å². The molecule has 0 saturated heterocycles. The van der Waals surface area contributed by atoms with Crippen molar-refractivity contribution in [3.8, 4) is 0 Å². The zero-order valence-corrected chi connectivity index (χ0v) is 8.84. The number of carbonyl (C=O) groups is 2. The second-order valence-corrected chi connectivity index (χ2v) is 3.77. The summed E-state index contributed by atoms with van der Waals surface area (Å²) < 4.78 is 0. The van der Waals surface area contributed by atoms with Gasteiger partial charge in [-0.3, -0.25) is 14.5 Å². The molecule has 0 aliphatic carbocycles. The van der Waals surface area contributed by atoms with Gasteiger partial charge in [0.05, 0.1) is 21.2 Å². The monoisotopic (exact) mass is 245 g/mol. The van der Waals surface area contributed by atoms with Gasteiger partial charge in [0.25, 0.3) is 11.8 Å². The van der Waals surface area contributed by atoms with Crippen LogP contribution in [-0.2, 0) is 0 Å². The number of benzene rings is 1. The molecule has 15 heavy (non-hydrogen) atoms. The van der Waals surface area contributed by atoms with Crippen LogP contribution in [0.25, 0.3) is 0 Å². The highest BCUT2D eigenvalue weighted by Crippen LogP contribution is 2.33. The third-order valence-electron chi connectivity index (χ3n) is 2.16. The molecule has 0 radical (unpaired) electrons. The van der Waals surface area contributed by atoms with Crippen LogP contribution in [0.5, 0.6) is 0 Å². The Morgan fingerprint density at radius 3 is 1.80 bits per heavy atom. The molecule has 1 aromatic rings. The molecule has 0 unspecified atom stereocenters. The number of halogens is 2. The fourth-order valence-corrected chi connectivity index (χ4v) is 1.94. The summed E-state index contributed by atoms with van der Waals surface area (Å²) in [7, 11) is 0. The first kappa shape index (κ1) is 10.4. The van der Waals surface area contributed by atoms with Gasteiger partial charge in [0.15, 0.2) is 0 Å². The highest BCUT2D eigenvalue weighted by atomic mass is 35.5. The van der Waals surface area contributed by atoms with E-state index in [4.69, 9.17) is 28.3 Å². The lowest BCUT2D eigenvalue weighted by molar-refractivity contribution is 0.0490. The molecule has 0 saturated carbocycles. The Kier molecular flexibility index (Phi) is 2.42. The predicted octanol–water partition coefficient (Wildman–Crippen LogP) is 1.54. The van der Waals surface area contributed by atoms with Crippen LogP contribution in [0.3, 0.4) is 0 Å². The van der Waals surface area contributed by atoms with Crippen molar-refractivity contribution in [2.75, 3.05) is 6.73 Å². The second-order valence-electron chi connectivity index (χ2n) is 2.96. The maximum atomic E-state index is 11.6. The molecule has 0 spiro atoms. The van der Waals surface area contributed by atoms with E-state index < -0.39 is 18.5 Å². The zero-order chi connectivity index (χ0) is 11.2. The van der Waals surface area contributed by atoms with Gasteiger partial charge in [-0.05, 0) is 12.1 Å². The number of rotatable bonds is 1. The lowest BCUT2D eigenvalue weighted by Gasteiger charge is -2.07. The third kappa shape index (κ3) is 1.33. The lowest BCUT2D eigenvalue weighted by Crippen LogP contribution is -2.30. The van der Waals surface area contributed by atoms with Crippen LogP contribution >= 0.6 is 23.2 Å². The Morgan fingerprint density at radius 2 is 1.47 bits per heavy atom. The molecule has 4 nitrogen and oxygen atoms in total. The first-order chi connectivity index (χ1) is 7.07. The summed E-state index contributed by atoms with van der Waals surface area (Å²) in [5.41, 5.74) is 0.117. The van der Waals surface area contributed by atoms with Gasteiger partial charge in [-0.1, -0.05) is 23.2 Å². The molecule has 0 bridgehead atoms. The topological polar surface area (TPSA) is 57.6 Å². The zero-order valence-electron chi connectivity index (χ0n) is 7.33. The minimum atomic E-state index is -0.682. The Labute approximate surface area is 95.0 Å². The summed E-state index contributed by atoms with van der Waals surface area (Å²) in [6.45, 7) is -0.682. The van der Waals surface area contributed by atoms with Gasteiger partial charge >= 0.3 is 0 Å². The van der Waals surface area contributed by atoms with Crippen molar-refractivity contribution in [1.29, 1.82) is 0 Å². The predicted molar refractivity (Wildman–Crippen MR) is 54.0 cm³/mol. The standard InChI is InChI=1S/C9H5Cl2NO3/c10-4-1-2-5(11)7-6(4)8(14)12(3-13)9(7)15/h1-2,13H,3H2. The van der Waals surface area contributed by atoms with Crippen molar-refractivity contribution < 1.29 is 14.7 Å². The molecule has 2 amide bonds. The van der Waals surface area contributed by atoms with E-state index >= 15 is 0 Å². The quantitative estimate of drug-likeness (QED) is 0.764. The third-order valence-corrected chi connectivity index (χ3v) is 2.79. The first-order valence-electron chi connectivity index (χ1n) is 4.03. The second kappa shape index (κ2) is 3.48. The van der Waals surface area contributed by atoms with Crippen molar-refractivity contribution in [2.24, 2.45) is 0 Å². The Hall–Kier alpha value is -1.10. The molecule has 0 aromatic heterocycles. The molecule has 1 aliphatic heterocycles. The SMILES string of the molecule is O=C1c2c(Cl)ccc(Cl)c2C(=O)N1CO. The van der Waals surface area contributed by atoms with Gasteiger partial charge in [-0.15, -0.1) is 0 Å². The van der Waals surface area contributed by atoms with Crippen LogP contribution in [0, 0.1) is 0 Å². The number of nitrogens with zero attached hydrogens (tertiary/aromatic N) is 1. The molecule has 1 aromatic carbocycles. The number of fused-ring (bicyclic) bond motifs is 1. The fraction of sp³-hybridized carbons (Fsp3) is 0.111. The van der Waals surface area contributed by atoms with Gasteiger partial charge in [0.1, 0.15) is 6.73 Å². The van der Waals surface area contributed by atoms with Crippen molar-refractivity contribution >= 4 is 35.0 Å². The normalized spacial score (nSPS) is 14.7. The molecule has 6 heteroatoms. The summed E-state index contributed by atoms with van der Waals surface area (Å²) in [4.78, 5) is 23.9. The van der Waals surface area contributed by atoms with Crippen molar-refractivity contribution in [3.05, 3.63) is 33.3 Å². The van der Waals surface area contributed by atoms with Crippen LogP contribution in [-0.4, -0.2) is 28.6 Å². The Bertz CT molecular complexity index is 432. The van der Waals surface area contributed by atoms with E-state index in [0.717, 1.165) is 0 Å². The maximum Gasteiger partial charge on any atom is 0.265 e. The van der Waals surface area contributed by atoms with Gasteiger partial charge in [0, 0.05) is 0 Å². The highest BCUT2D eigenvalue weighted by Gasteiger charge is 2.38. The summed E-state index contributed by atoms with van der Waals surface area (Å²) in [5, 5.41) is 9.17.